The molecule has 0 fully saturated rings. The van der Waals surface area contributed by atoms with E-state index in [1.54, 1.807) is 37.4 Å². The molecule has 1 heterocycles. The van der Waals surface area contributed by atoms with Gasteiger partial charge in [0.25, 0.3) is 5.56 Å². The van der Waals surface area contributed by atoms with Crippen LogP contribution in [0, 0.1) is 0 Å². The number of likely N-dealkylation sites (N-methyl/N-ethyl adjacent to an activating group) is 1. The van der Waals surface area contributed by atoms with Crippen LogP contribution < -0.4 is 15.0 Å². The maximum atomic E-state index is 12.7. The van der Waals surface area contributed by atoms with E-state index >= 15 is 0 Å². The molecule has 0 atom stereocenters. The first-order valence-electron chi connectivity index (χ1n) is 9.60. The molecule has 0 aliphatic heterocycles. The maximum absolute atomic E-state index is 12.7. The lowest BCUT2D eigenvalue weighted by molar-refractivity contribution is 0.0482. The van der Waals surface area contributed by atoms with Gasteiger partial charge in [-0.2, -0.15) is 0 Å². The number of hydrogen-bond acceptors (Lipinski definition) is 7. The molecule has 158 valence electrons. The fourth-order valence-electron chi connectivity index (χ4n) is 2.95. The number of aromatic amines is 1. The smallest absolute Gasteiger partial charge is 0.338 e. The largest absolute Gasteiger partial charge is 0.493 e. The minimum Gasteiger partial charge on any atom is -0.493 e. The van der Waals surface area contributed by atoms with Crippen LogP contribution in [0.1, 0.15) is 17.3 Å². The van der Waals surface area contributed by atoms with Gasteiger partial charge in [-0.1, -0.05) is 6.07 Å². The Morgan fingerprint density at radius 1 is 1.20 bits per heavy atom. The summed E-state index contributed by atoms with van der Waals surface area (Å²) >= 11 is 0. The van der Waals surface area contributed by atoms with Gasteiger partial charge in [0.2, 0.25) is 0 Å². The topological polar surface area (TPSA) is 93.8 Å². The molecule has 0 radical (unpaired) electrons. The number of benzene rings is 2. The Hall–Kier alpha value is -3.39. The molecule has 8 heteroatoms. The Morgan fingerprint density at radius 3 is 2.70 bits per heavy atom. The number of nitrogens with zero attached hydrogens (tertiary/aromatic N) is 2. The molecule has 0 saturated heterocycles. The lowest BCUT2D eigenvalue weighted by Gasteiger charge is -2.14. The quantitative estimate of drug-likeness (QED) is 0.570. The Balaban J connectivity index is 1.98. The van der Waals surface area contributed by atoms with E-state index in [1.807, 2.05) is 25.9 Å². The number of methoxy groups -OCH3 is 1. The van der Waals surface area contributed by atoms with Crippen molar-refractivity contribution >= 4 is 16.9 Å². The summed E-state index contributed by atoms with van der Waals surface area (Å²) in [4.78, 5) is 34.3. The van der Waals surface area contributed by atoms with Crippen molar-refractivity contribution in [2.24, 2.45) is 0 Å². The second-order valence-corrected chi connectivity index (χ2v) is 6.86. The summed E-state index contributed by atoms with van der Waals surface area (Å²) in [5.41, 5.74) is 1.02. The van der Waals surface area contributed by atoms with Gasteiger partial charge in [-0.05, 0) is 51.4 Å². The third-order valence-electron chi connectivity index (χ3n) is 4.46. The summed E-state index contributed by atoms with van der Waals surface area (Å²) in [6, 6.07) is 10.1. The van der Waals surface area contributed by atoms with E-state index in [9.17, 15) is 9.59 Å². The van der Waals surface area contributed by atoms with Crippen LogP contribution in [0.2, 0.25) is 0 Å². The van der Waals surface area contributed by atoms with Gasteiger partial charge in [0.15, 0.2) is 11.5 Å². The van der Waals surface area contributed by atoms with Gasteiger partial charge >= 0.3 is 5.97 Å². The van der Waals surface area contributed by atoms with Crippen molar-refractivity contribution in [3.8, 4) is 22.9 Å². The average molecular weight is 411 g/mol. The molecule has 0 spiro atoms. The Labute approximate surface area is 174 Å². The SMILES string of the molecule is CCOc1c(OC)cccc1-c1nc2ccc(C(=O)OCCN(C)C)cc2c(=O)[nH]1. The van der Waals surface area contributed by atoms with Crippen molar-refractivity contribution in [1.82, 2.24) is 14.9 Å². The zero-order chi connectivity index (χ0) is 21.7. The fourth-order valence-corrected chi connectivity index (χ4v) is 2.95. The summed E-state index contributed by atoms with van der Waals surface area (Å²) in [5, 5.41) is 0.307. The van der Waals surface area contributed by atoms with Crippen LogP contribution in [-0.4, -0.2) is 61.8 Å². The molecule has 3 rings (SSSR count). The highest BCUT2D eigenvalue weighted by atomic mass is 16.5. The van der Waals surface area contributed by atoms with E-state index in [4.69, 9.17) is 14.2 Å². The second kappa shape index (κ2) is 9.41. The van der Waals surface area contributed by atoms with Crippen LogP contribution in [0.25, 0.3) is 22.3 Å². The maximum Gasteiger partial charge on any atom is 0.338 e. The van der Waals surface area contributed by atoms with E-state index in [0.29, 0.717) is 52.5 Å². The predicted molar refractivity (Wildman–Crippen MR) is 114 cm³/mol. The number of hydrogen-bond donors (Lipinski definition) is 1. The van der Waals surface area contributed by atoms with Crippen LogP contribution in [-0.2, 0) is 4.74 Å². The first-order valence-corrected chi connectivity index (χ1v) is 9.60. The Kier molecular flexibility index (Phi) is 6.68. The standard InChI is InChI=1S/C22H25N3O5/c1-5-29-19-15(7-6-8-18(19)28-4)20-23-17-10-9-14(13-16(17)21(26)24-20)22(27)30-12-11-25(2)3/h6-10,13H,5,11-12H2,1-4H3,(H,23,24,26). The van der Waals surface area contributed by atoms with Gasteiger partial charge in [-0.25, -0.2) is 9.78 Å². The molecular weight excluding hydrogens is 386 g/mol. The highest BCUT2D eigenvalue weighted by molar-refractivity contribution is 5.94. The predicted octanol–water partition coefficient (Wildman–Crippen LogP) is 2.72. The summed E-state index contributed by atoms with van der Waals surface area (Å²) in [6.45, 7) is 3.19. The number of fused-ring (bicyclic) bond motifs is 1. The first-order chi connectivity index (χ1) is 14.4. The zero-order valence-corrected chi connectivity index (χ0v) is 17.5. The Bertz CT molecular complexity index is 1110. The molecule has 30 heavy (non-hydrogen) atoms. The van der Waals surface area contributed by atoms with Crippen molar-refractivity contribution in [3.63, 3.8) is 0 Å². The molecular formula is C22H25N3O5. The normalized spacial score (nSPS) is 11.0. The van der Waals surface area contributed by atoms with Crippen molar-refractivity contribution < 1.29 is 19.0 Å². The third-order valence-corrected chi connectivity index (χ3v) is 4.46. The Morgan fingerprint density at radius 2 is 2.00 bits per heavy atom. The number of carbonyl (C=O) groups is 1. The molecule has 1 N–H and O–H groups in total. The molecule has 3 aromatic rings. The van der Waals surface area contributed by atoms with Gasteiger partial charge < -0.3 is 24.1 Å². The average Bonchev–Trinajstić information content (AvgIpc) is 2.73. The second-order valence-electron chi connectivity index (χ2n) is 6.86. The van der Waals surface area contributed by atoms with E-state index in [1.165, 1.54) is 6.07 Å². The van der Waals surface area contributed by atoms with Gasteiger partial charge in [0, 0.05) is 6.54 Å². The number of para-hydroxylation sites is 1. The number of H-pyrrole nitrogens is 1. The number of carbonyl (C=O) groups excluding carboxylic acids is 1. The highest BCUT2D eigenvalue weighted by Crippen LogP contribution is 2.36. The highest BCUT2D eigenvalue weighted by Gasteiger charge is 2.16. The van der Waals surface area contributed by atoms with E-state index < -0.39 is 5.97 Å². The monoisotopic (exact) mass is 411 g/mol. The fraction of sp³-hybridized carbons (Fsp3) is 0.318. The van der Waals surface area contributed by atoms with Gasteiger partial charge in [0.05, 0.1) is 35.7 Å². The van der Waals surface area contributed by atoms with Crippen molar-refractivity contribution in [2.75, 3.05) is 41.0 Å². The van der Waals surface area contributed by atoms with E-state index in [0.717, 1.165) is 0 Å². The van der Waals surface area contributed by atoms with Crippen LogP contribution in [0.3, 0.4) is 0 Å². The lowest BCUT2D eigenvalue weighted by Crippen LogP contribution is -2.20. The molecule has 0 bridgehead atoms. The summed E-state index contributed by atoms with van der Waals surface area (Å²) < 4.78 is 16.3. The number of esters is 1. The molecule has 1 aromatic heterocycles. The zero-order valence-electron chi connectivity index (χ0n) is 17.5. The molecule has 0 saturated carbocycles. The third kappa shape index (κ3) is 4.60. The molecule has 0 aliphatic carbocycles. The van der Waals surface area contributed by atoms with Gasteiger partial charge in [-0.15, -0.1) is 0 Å². The first kappa shape index (κ1) is 21.3. The van der Waals surface area contributed by atoms with E-state index in [-0.39, 0.29) is 12.2 Å². The van der Waals surface area contributed by atoms with Crippen molar-refractivity contribution in [3.05, 3.63) is 52.3 Å². The summed E-state index contributed by atoms with van der Waals surface area (Å²) in [5.74, 6) is 0.934. The van der Waals surface area contributed by atoms with Crippen LogP contribution in [0.4, 0.5) is 0 Å². The molecule has 0 unspecified atom stereocenters. The summed E-state index contributed by atoms with van der Waals surface area (Å²) in [6.07, 6.45) is 0. The minimum absolute atomic E-state index is 0.271. The van der Waals surface area contributed by atoms with Gasteiger partial charge in [-0.3, -0.25) is 4.79 Å². The van der Waals surface area contributed by atoms with E-state index in [2.05, 4.69) is 9.97 Å². The summed E-state index contributed by atoms with van der Waals surface area (Å²) in [7, 11) is 5.34. The molecule has 2 aromatic carbocycles. The number of aromatic nitrogens is 2. The van der Waals surface area contributed by atoms with Gasteiger partial charge in [0.1, 0.15) is 12.4 Å². The van der Waals surface area contributed by atoms with Crippen molar-refractivity contribution in [2.45, 2.75) is 6.92 Å². The molecule has 0 aliphatic rings. The number of nitrogens with one attached hydrogen (secondary N) is 1. The number of ether oxygens (including phenoxy) is 3. The van der Waals surface area contributed by atoms with Crippen LogP contribution >= 0.6 is 0 Å². The van der Waals surface area contributed by atoms with Crippen molar-refractivity contribution in [1.29, 1.82) is 0 Å². The molecule has 8 nitrogen and oxygen atoms in total. The van der Waals surface area contributed by atoms with Crippen LogP contribution in [0.5, 0.6) is 11.5 Å². The molecule has 0 amide bonds. The minimum atomic E-state index is -0.478. The number of rotatable bonds is 8. The lowest BCUT2D eigenvalue weighted by atomic mass is 10.1. The van der Waals surface area contributed by atoms with Crippen LogP contribution in [0.15, 0.2) is 41.2 Å².